The SMILES string of the molecule is CCc1c(O)[n+](-c2ccc(Cl)cc2)c2ccc(-c3ccccc3)nn2c1=O. The molecular weight excluding hydrogens is 362 g/mol. The van der Waals surface area contributed by atoms with Gasteiger partial charge in [-0.15, -0.1) is 0 Å². The van der Waals surface area contributed by atoms with E-state index in [-0.39, 0.29) is 11.4 Å². The molecule has 0 spiro atoms. The molecule has 2 aromatic carbocycles. The zero-order valence-electron chi connectivity index (χ0n) is 14.6. The van der Waals surface area contributed by atoms with Crippen LogP contribution in [0.3, 0.4) is 0 Å². The van der Waals surface area contributed by atoms with E-state index in [1.165, 1.54) is 4.52 Å². The molecule has 0 unspecified atom stereocenters. The molecule has 0 fully saturated rings. The van der Waals surface area contributed by atoms with Crippen LogP contribution in [0.4, 0.5) is 0 Å². The molecule has 0 aliphatic rings. The number of nitrogens with zero attached hydrogens (tertiary/aromatic N) is 3. The van der Waals surface area contributed by atoms with Crippen molar-refractivity contribution in [3.8, 4) is 22.8 Å². The molecule has 4 aromatic rings. The number of aromatic nitrogens is 3. The van der Waals surface area contributed by atoms with Crippen molar-refractivity contribution in [2.45, 2.75) is 13.3 Å². The highest BCUT2D eigenvalue weighted by atomic mass is 35.5. The molecule has 0 amide bonds. The Morgan fingerprint density at radius 2 is 1.74 bits per heavy atom. The number of hydrogen-bond donors (Lipinski definition) is 1. The normalized spacial score (nSPS) is 11.0. The van der Waals surface area contributed by atoms with Gasteiger partial charge in [-0.05, 0) is 36.8 Å². The highest BCUT2D eigenvalue weighted by Gasteiger charge is 2.25. The first-order valence-electron chi connectivity index (χ1n) is 8.61. The fraction of sp³-hybridized carbons (Fsp3) is 0.0952. The minimum Gasteiger partial charge on any atom is -0.477 e. The summed E-state index contributed by atoms with van der Waals surface area (Å²) >= 11 is 5.99. The molecule has 0 bridgehead atoms. The number of rotatable bonds is 3. The predicted molar refractivity (Wildman–Crippen MR) is 104 cm³/mol. The van der Waals surface area contributed by atoms with E-state index in [1.54, 1.807) is 34.9 Å². The molecular formula is C21H17ClN3O2+. The van der Waals surface area contributed by atoms with Crippen LogP contribution in [0.25, 0.3) is 22.6 Å². The lowest BCUT2D eigenvalue weighted by molar-refractivity contribution is -0.581. The van der Waals surface area contributed by atoms with Gasteiger partial charge in [-0.25, -0.2) is 4.79 Å². The van der Waals surface area contributed by atoms with E-state index in [0.717, 1.165) is 5.56 Å². The fourth-order valence-electron chi connectivity index (χ4n) is 3.12. The van der Waals surface area contributed by atoms with Gasteiger partial charge in [-0.1, -0.05) is 58.5 Å². The van der Waals surface area contributed by atoms with Crippen LogP contribution in [0, 0.1) is 0 Å². The summed E-state index contributed by atoms with van der Waals surface area (Å²) in [6, 6.07) is 20.3. The molecule has 27 heavy (non-hydrogen) atoms. The number of aromatic hydroxyl groups is 1. The molecule has 6 heteroatoms. The average molecular weight is 379 g/mol. The third-order valence-corrected chi connectivity index (χ3v) is 4.74. The summed E-state index contributed by atoms with van der Waals surface area (Å²) in [5.41, 5.74) is 2.74. The van der Waals surface area contributed by atoms with Crippen LogP contribution in [0.15, 0.2) is 71.5 Å². The summed E-state index contributed by atoms with van der Waals surface area (Å²) in [5, 5.41) is 15.9. The number of halogens is 1. The zero-order chi connectivity index (χ0) is 19.0. The van der Waals surface area contributed by atoms with Crippen LogP contribution in [0.1, 0.15) is 12.5 Å². The fourth-order valence-corrected chi connectivity index (χ4v) is 3.24. The first-order valence-corrected chi connectivity index (χ1v) is 8.99. The maximum absolute atomic E-state index is 12.9. The summed E-state index contributed by atoms with van der Waals surface area (Å²) in [7, 11) is 0. The van der Waals surface area contributed by atoms with E-state index in [2.05, 4.69) is 5.10 Å². The van der Waals surface area contributed by atoms with Gasteiger partial charge in [0.2, 0.25) is 0 Å². The van der Waals surface area contributed by atoms with Gasteiger partial charge in [-0.3, -0.25) is 0 Å². The Hall–Kier alpha value is -3.18. The van der Waals surface area contributed by atoms with E-state index >= 15 is 0 Å². The van der Waals surface area contributed by atoms with E-state index in [4.69, 9.17) is 11.6 Å². The molecule has 0 radical (unpaired) electrons. The monoisotopic (exact) mass is 378 g/mol. The highest BCUT2D eigenvalue weighted by molar-refractivity contribution is 6.30. The lowest BCUT2D eigenvalue weighted by atomic mass is 10.1. The molecule has 5 nitrogen and oxygen atoms in total. The van der Waals surface area contributed by atoms with Gasteiger partial charge in [0, 0.05) is 16.7 Å². The minimum atomic E-state index is -0.326. The van der Waals surface area contributed by atoms with Crippen LogP contribution in [0.5, 0.6) is 5.88 Å². The summed E-state index contributed by atoms with van der Waals surface area (Å²) in [6.45, 7) is 1.83. The largest absolute Gasteiger partial charge is 0.477 e. The number of fused-ring (bicyclic) bond motifs is 1. The summed E-state index contributed by atoms with van der Waals surface area (Å²) in [4.78, 5) is 12.9. The van der Waals surface area contributed by atoms with Crippen molar-refractivity contribution in [1.29, 1.82) is 0 Å². The molecule has 0 saturated heterocycles. The maximum atomic E-state index is 12.9. The quantitative estimate of drug-likeness (QED) is 0.554. The topological polar surface area (TPSA) is 58.5 Å². The summed E-state index contributed by atoms with van der Waals surface area (Å²) in [5.74, 6) is -0.0842. The van der Waals surface area contributed by atoms with Gasteiger partial charge in [-0.2, -0.15) is 4.57 Å². The van der Waals surface area contributed by atoms with Crippen molar-refractivity contribution in [2.24, 2.45) is 0 Å². The van der Waals surface area contributed by atoms with Crippen LogP contribution in [-0.4, -0.2) is 14.7 Å². The summed E-state index contributed by atoms with van der Waals surface area (Å²) in [6.07, 6.45) is 0.387. The standard InChI is InChI=1S/C21H16ClN3O2/c1-2-17-20(26)24(16-10-8-15(22)9-11-16)19-13-12-18(23-25(19)21(17)27)14-6-4-3-5-7-14/h3-13H,2H2,1H3/p+1. The van der Waals surface area contributed by atoms with Gasteiger partial charge < -0.3 is 5.11 Å². The molecule has 4 rings (SSSR count). The second kappa shape index (κ2) is 6.85. The Balaban J connectivity index is 2.06. The molecule has 2 heterocycles. The van der Waals surface area contributed by atoms with Crippen LogP contribution >= 0.6 is 11.6 Å². The van der Waals surface area contributed by atoms with Crippen molar-refractivity contribution >= 4 is 17.2 Å². The first-order chi connectivity index (χ1) is 13.1. The highest BCUT2D eigenvalue weighted by Crippen LogP contribution is 2.19. The van der Waals surface area contributed by atoms with Gasteiger partial charge in [0.1, 0.15) is 16.9 Å². The molecule has 0 aliphatic heterocycles. The minimum absolute atomic E-state index is 0.0842. The Bertz CT molecular complexity index is 1190. The lowest BCUT2D eigenvalue weighted by Crippen LogP contribution is -2.40. The maximum Gasteiger partial charge on any atom is 0.370 e. The van der Waals surface area contributed by atoms with Crippen LogP contribution < -0.4 is 10.1 Å². The van der Waals surface area contributed by atoms with Crippen molar-refractivity contribution in [2.75, 3.05) is 0 Å². The Morgan fingerprint density at radius 3 is 2.41 bits per heavy atom. The van der Waals surface area contributed by atoms with Crippen molar-refractivity contribution < 1.29 is 9.67 Å². The van der Waals surface area contributed by atoms with Crippen LogP contribution in [-0.2, 0) is 6.42 Å². The molecule has 134 valence electrons. The number of hydrogen-bond acceptors (Lipinski definition) is 3. The zero-order valence-corrected chi connectivity index (χ0v) is 15.4. The van der Waals surface area contributed by atoms with Gasteiger partial charge in [0.05, 0.1) is 0 Å². The smallest absolute Gasteiger partial charge is 0.370 e. The van der Waals surface area contributed by atoms with E-state index in [1.807, 2.05) is 43.3 Å². The van der Waals surface area contributed by atoms with Gasteiger partial charge >= 0.3 is 11.2 Å². The molecule has 0 atom stereocenters. The van der Waals surface area contributed by atoms with Gasteiger partial charge in [0.25, 0.3) is 5.88 Å². The van der Waals surface area contributed by atoms with E-state index < -0.39 is 0 Å². The Kier molecular flexibility index (Phi) is 4.38. The number of benzene rings is 2. The van der Waals surface area contributed by atoms with Crippen molar-refractivity contribution in [1.82, 2.24) is 9.61 Å². The lowest BCUT2D eigenvalue weighted by Gasteiger charge is -2.09. The first kappa shape index (κ1) is 17.2. The molecule has 0 aliphatic carbocycles. The third kappa shape index (κ3) is 2.96. The Morgan fingerprint density at radius 1 is 1.04 bits per heavy atom. The van der Waals surface area contributed by atoms with Crippen LogP contribution in [0.2, 0.25) is 5.02 Å². The third-order valence-electron chi connectivity index (χ3n) is 4.48. The second-order valence-corrected chi connectivity index (χ2v) is 6.56. The molecule has 1 N–H and O–H groups in total. The predicted octanol–water partition coefficient (Wildman–Crippen LogP) is 3.56. The van der Waals surface area contributed by atoms with Crippen molar-refractivity contribution in [3.63, 3.8) is 0 Å². The Labute approximate surface area is 160 Å². The van der Waals surface area contributed by atoms with E-state index in [0.29, 0.717) is 34.0 Å². The van der Waals surface area contributed by atoms with Gasteiger partial charge in [0.15, 0.2) is 0 Å². The molecule has 2 aromatic heterocycles. The average Bonchev–Trinajstić information content (AvgIpc) is 2.70. The second-order valence-electron chi connectivity index (χ2n) is 6.13. The van der Waals surface area contributed by atoms with E-state index in [9.17, 15) is 9.90 Å². The summed E-state index contributed by atoms with van der Waals surface area (Å²) < 4.78 is 2.95. The molecule has 0 saturated carbocycles. The van der Waals surface area contributed by atoms with Crippen molar-refractivity contribution in [3.05, 3.63) is 87.7 Å².